The molecule has 0 aliphatic carbocycles. The van der Waals surface area contributed by atoms with Gasteiger partial charge in [0.2, 0.25) is 0 Å². The highest BCUT2D eigenvalue weighted by atomic mass is 16.6. The molecule has 1 fully saturated rings. The van der Waals surface area contributed by atoms with E-state index in [9.17, 15) is 4.79 Å². The Balaban J connectivity index is 1.41. The van der Waals surface area contributed by atoms with E-state index in [4.69, 9.17) is 9.47 Å². The third-order valence-electron chi connectivity index (χ3n) is 4.61. The van der Waals surface area contributed by atoms with Crippen LogP contribution in [0.25, 0.3) is 11.2 Å². The van der Waals surface area contributed by atoms with Crippen molar-refractivity contribution >= 4 is 17.3 Å². The number of nitrogens with one attached hydrogen (secondary N) is 1. The van der Waals surface area contributed by atoms with Crippen molar-refractivity contribution in [2.45, 2.75) is 26.6 Å². The van der Waals surface area contributed by atoms with Crippen LogP contribution >= 0.6 is 0 Å². The number of imidazole rings is 1. The predicted molar refractivity (Wildman–Crippen MR) is 98.1 cm³/mol. The van der Waals surface area contributed by atoms with E-state index in [-0.39, 0.29) is 18.8 Å². The van der Waals surface area contributed by atoms with Gasteiger partial charge in [-0.15, -0.1) is 0 Å². The Morgan fingerprint density at radius 3 is 2.89 bits per heavy atom. The number of ether oxygens (including phenoxy) is 2. The molecule has 4 rings (SSSR count). The normalized spacial score (nSPS) is 17.3. The van der Waals surface area contributed by atoms with E-state index >= 15 is 0 Å². The summed E-state index contributed by atoms with van der Waals surface area (Å²) in [7, 11) is 0. The standard InChI is InChI=1S/C19H21N5O3/c1-12-3-5-14(6-4-12)10-27-19(25)24-7-8-26-15(9-24)17-22-16-13(2)20-11-21-18(16)23-17/h3-6,11,15H,7-10H2,1-2H3,(H,20,21,22,23)/t15-/m0/s1. The second kappa shape index (κ2) is 7.32. The van der Waals surface area contributed by atoms with Crippen LogP contribution in [0.2, 0.25) is 0 Å². The number of aryl methyl sites for hydroxylation is 2. The van der Waals surface area contributed by atoms with E-state index in [1.165, 1.54) is 11.9 Å². The molecule has 0 spiro atoms. The van der Waals surface area contributed by atoms with Crippen molar-refractivity contribution in [2.24, 2.45) is 0 Å². The summed E-state index contributed by atoms with van der Waals surface area (Å²) in [5.74, 6) is 0.643. The van der Waals surface area contributed by atoms with Gasteiger partial charge in [0.15, 0.2) is 5.65 Å². The number of rotatable bonds is 3. The Labute approximate surface area is 156 Å². The van der Waals surface area contributed by atoms with Crippen molar-refractivity contribution in [2.75, 3.05) is 19.7 Å². The molecule has 1 saturated heterocycles. The third kappa shape index (κ3) is 3.75. The third-order valence-corrected chi connectivity index (χ3v) is 4.61. The summed E-state index contributed by atoms with van der Waals surface area (Å²) in [6, 6.07) is 7.92. The Hall–Kier alpha value is -3.00. The minimum absolute atomic E-state index is 0.251. The van der Waals surface area contributed by atoms with Crippen LogP contribution < -0.4 is 0 Å². The van der Waals surface area contributed by atoms with Crippen molar-refractivity contribution in [3.8, 4) is 0 Å². The van der Waals surface area contributed by atoms with Gasteiger partial charge in [-0.2, -0.15) is 0 Å². The molecule has 0 unspecified atom stereocenters. The van der Waals surface area contributed by atoms with E-state index in [1.807, 2.05) is 38.1 Å². The second-order valence-electron chi connectivity index (χ2n) is 6.63. The fourth-order valence-electron chi connectivity index (χ4n) is 3.02. The highest BCUT2D eigenvalue weighted by Crippen LogP contribution is 2.23. The van der Waals surface area contributed by atoms with Gasteiger partial charge in [0.1, 0.15) is 30.4 Å². The summed E-state index contributed by atoms with van der Waals surface area (Å²) in [4.78, 5) is 30.1. The van der Waals surface area contributed by atoms with Crippen LogP contribution in [-0.4, -0.2) is 50.6 Å². The number of amides is 1. The number of aromatic amines is 1. The molecule has 0 saturated carbocycles. The first-order valence-corrected chi connectivity index (χ1v) is 8.86. The highest BCUT2D eigenvalue weighted by Gasteiger charge is 2.28. The summed E-state index contributed by atoms with van der Waals surface area (Å²) in [6.45, 7) is 5.45. The van der Waals surface area contributed by atoms with E-state index in [0.29, 0.717) is 31.2 Å². The summed E-state index contributed by atoms with van der Waals surface area (Å²) >= 11 is 0. The molecule has 2 aromatic heterocycles. The Morgan fingerprint density at radius 2 is 2.11 bits per heavy atom. The van der Waals surface area contributed by atoms with Gasteiger partial charge in [-0.25, -0.2) is 19.7 Å². The van der Waals surface area contributed by atoms with Gasteiger partial charge in [0, 0.05) is 6.54 Å². The maximum Gasteiger partial charge on any atom is 0.410 e. The molecule has 1 aliphatic heterocycles. The Kier molecular flexibility index (Phi) is 4.72. The van der Waals surface area contributed by atoms with E-state index in [0.717, 1.165) is 16.8 Å². The first-order valence-electron chi connectivity index (χ1n) is 8.86. The summed E-state index contributed by atoms with van der Waals surface area (Å²) in [5, 5.41) is 0. The van der Waals surface area contributed by atoms with Crippen LogP contribution in [0.15, 0.2) is 30.6 Å². The minimum Gasteiger partial charge on any atom is -0.445 e. The van der Waals surface area contributed by atoms with Crippen molar-refractivity contribution < 1.29 is 14.3 Å². The maximum absolute atomic E-state index is 12.4. The first kappa shape index (κ1) is 17.4. The second-order valence-corrected chi connectivity index (χ2v) is 6.63. The molecular formula is C19H21N5O3. The number of morpholine rings is 1. The highest BCUT2D eigenvalue weighted by molar-refractivity contribution is 5.72. The fraction of sp³-hybridized carbons (Fsp3) is 0.368. The average molecular weight is 367 g/mol. The molecule has 8 nitrogen and oxygen atoms in total. The molecule has 1 atom stereocenters. The lowest BCUT2D eigenvalue weighted by molar-refractivity contribution is -0.0330. The number of carbonyl (C=O) groups excluding carboxylic acids is 1. The van der Waals surface area contributed by atoms with E-state index < -0.39 is 0 Å². The van der Waals surface area contributed by atoms with Crippen LogP contribution in [0, 0.1) is 13.8 Å². The molecule has 3 aromatic rings. The van der Waals surface area contributed by atoms with E-state index in [2.05, 4.69) is 19.9 Å². The number of H-pyrrole nitrogens is 1. The van der Waals surface area contributed by atoms with Gasteiger partial charge in [-0.05, 0) is 19.4 Å². The predicted octanol–water partition coefficient (Wildman–Crippen LogP) is 2.68. The van der Waals surface area contributed by atoms with Crippen LogP contribution in [0.1, 0.15) is 28.7 Å². The zero-order valence-electron chi connectivity index (χ0n) is 15.3. The minimum atomic E-state index is -0.351. The zero-order valence-corrected chi connectivity index (χ0v) is 15.3. The quantitative estimate of drug-likeness (QED) is 0.765. The largest absolute Gasteiger partial charge is 0.445 e. The van der Waals surface area contributed by atoms with E-state index in [1.54, 1.807) is 4.90 Å². The number of hydrogen-bond acceptors (Lipinski definition) is 6. The molecule has 140 valence electrons. The van der Waals surface area contributed by atoms with Crippen LogP contribution in [0.3, 0.4) is 0 Å². The monoisotopic (exact) mass is 367 g/mol. The maximum atomic E-state index is 12.4. The Bertz CT molecular complexity index is 954. The average Bonchev–Trinajstić information content (AvgIpc) is 3.13. The molecular weight excluding hydrogens is 346 g/mol. The summed E-state index contributed by atoms with van der Waals surface area (Å²) in [6.07, 6.45) is 0.786. The Morgan fingerprint density at radius 1 is 1.30 bits per heavy atom. The molecule has 1 N–H and O–H groups in total. The number of fused-ring (bicyclic) bond motifs is 1. The molecule has 0 radical (unpaired) electrons. The molecule has 0 bridgehead atoms. The molecule has 3 heterocycles. The van der Waals surface area contributed by atoms with Gasteiger partial charge < -0.3 is 19.4 Å². The molecule has 1 aliphatic rings. The summed E-state index contributed by atoms with van der Waals surface area (Å²) in [5.41, 5.74) is 4.34. The molecule has 8 heteroatoms. The van der Waals surface area contributed by atoms with Crippen molar-refractivity contribution in [3.63, 3.8) is 0 Å². The molecule has 1 aromatic carbocycles. The van der Waals surface area contributed by atoms with Crippen molar-refractivity contribution in [1.29, 1.82) is 0 Å². The summed E-state index contributed by atoms with van der Waals surface area (Å²) < 4.78 is 11.2. The SMILES string of the molecule is Cc1ccc(COC(=O)N2CCO[C@H](c3nc4ncnc(C)c4[nH]3)C2)cc1. The fourth-order valence-corrected chi connectivity index (χ4v) is 3.02. The number of hydrogen-bond donors (Lipinski definition) is 1. The number of carbonyl (C=O) groups is 1. The molecule has 1 amide bonds. The van der Waals surface area contributed by atoms with Gasteiger partial charge >= 0.3 is 6.09 Å². The lowest BCUT2D eigenvalue weighted by Gasteiger charge is -2.31. The lowest BCUT2D eigenvalue weighted by Crippen LogP contribution is -2.42. The van der Waals surface area contributed by atoms with Crippen molar-refractivity contribution in [1.82, 2.24) is 24.8 Å². The van der Waals surface area contributed by atoms with Gasteiger partial charge in [-0.1, -0.05) is 29.8 Å². The topological polar surface area (TPSA) is 93.2 Å². The zero-order chi connectivity index (χ0) is 18.8. The van der Waals surface area contributed by atoms with Crippen LogP contribution in [0.4, 0.5) is 4.79 Å². The van der Waals surface area contributed by atoms with Crippen LogP contribution in [-0.2, 0) is 16.1 Å². The van der Waals surface area contributed by atoms with Crippen LogP contribution in [0.5, 0.6) is 0 Å². The lowest BCUT2D eigenvalue weighted by atomic mass is 10.2. The van der Waals surface area contributed by atoms with Gasteiger partial charge in [0.25, 0.3) is 0 Å². The number of benzene rings is 1. The number of aromatic nitrogens is 4. The molecule has 27 heavy (non-hydrogen) atoms. The number of nitrogens with zero attached hydrogens (tertiary/aromatic N) is 4. The first-order chi connectivity index (χ1) is 13.1. The van der Waals surface area contributed by atoms with Gasteiger partial charge in [0.05, 0.1) is 18.8 Å². The smallest absolute Gasteiger partial charge is 0.410 e. The van der Waals surface area contributed by atoms with Gasteiger partial charge in [-0.3, -0.25) is 0 Å². The van der Waals surface area contributed by atoms with Crippen molar-refractivity contribution in [3.05, 3.63) is 53.2 Å².